The van der Waals surface area contributed by atoms with Gasteiger partial charge in [0.15, 0.2) is 4.32 Å². The zero-order valence-corrected chi connectivity index (χ0v) is 15.7. The topological polar surface area (TPSA) is 37.3 Å². The average Bonchev–Trinajstić information content (AvgIpc) is 2.48. The van der Waals surface area contributed by atoms with Gasteiger partial charge in [0, 0.05) is 11.6 Å². The molecule has 0 radical (unpaired) electrons. The molecular formula is C12H11Cl2N3PtS2. The van der Waals surface area contributed by atoms with Crippen molar-refractivity contribution >= 4 is 64.1 Å². The molecule has 3 nitrogen and oxygen atoms in total. The van der Waals surface area contributed by atoms with E-state index in [0.717, 1.165) is 16.5 Å². The summed E-state index contributed by atoms with van der Waals surface area (Å²) in [5, 5.41) is 6.29. The van der Waals surface area contributed by atoms with Crippen LogP contribution in [-0.4, -0.2) is 21.8 Å². The molecule has 0 saturated heterocycles. The van der Waals surface area contributed by atoms with Crippen molar-refractivity contribution in [2.45, 2.75) is 0 Å². The Morgan fingerprint density at radius 3 is 2.80 bits per heavy atom. The molecule has 20 heavy (non-hydrogen) atoms. The first kappa shape index (κ1) is 17.9. The number of halogens is 2. The van der Waals surface area contributed by atoms with E-state index in [1.54, 1.807) is 12.4 Å². The van der Waals surface area contributed by atoms with Gasteiger partial charge in [0.05, 0.1) is 11.9 Å². The van der Waals surface area contributed by atoms with Gasteiger partial charge in [-0.25, -0.2) is 0 Å². The predicted molar refractivity (Wildman–Crippen MR) is 90.3 cm³/mol. The van der Waals surface area contributed by atoms with Crippen LogP contribution in [0, 0.1) is 0 Å². The number of rotatable bonds is 2. The van der Waals surface area contributed by atoms with Gasteiger partial charge in [-0.2, -0.15) is 5.10 Å². The predicted octanol–water partition coefficient (Wildman–Crippen LogP) is 4.18. The number of hydrazone groups is 1. The molecular weight excluding hydrogens is 516 g/mol. The number of hydrogen-bond donors (Lipinski definition) is 1. The Labute approximate surface area is 143 Å². The SMILES string of the molecule is CSC(=S)N/N=C/c1nccc2ccccc12.[Cl][Pt][Cl]. The summed E-state index contributed by atoms with van der Waals surface area (Å²) >= 11 is 5.96. The van der Waals surface area contributed by atoms with E-state index in [2.05, 4.69) is 15.5 Å². The van der Waals surface area contributed by atoms with Gasteiger partial charge in [-0.05, 0) is 17.7 Å². The Morgan fingerprint density at radius 1 is 1.40 bits per heavy atom. The molecule has 0 aliphatic heterocycles. The van der Waals surface area contributed by atoms with Gasteiger partial charge < -0.3 is 0 Å². The first-order valence-electron chi connectivity index (χ1n) is 5.26. The molecule has 110 valence electrons. The molecule has 1 N–H and O–H groups in total. The van der Waals surface area contributed by atoms with Crippen LogP contribution in [0.3, 0.4) is 0 Å². The van der Waals surface area contributed by atoms with Crippen molar-refractivity contribution in [1.82, 2.24) is 10.4 Å². The number of nitrogens with zero attached hydrogens (tertiary/aromatic N) is 2. The summed E-state index contributed by atoms with van der Waals surface area (Å²) in [6.45, 7) is 0. The van der Waals surface area contributed by atoms with Crippen LogP contribution in [0.1, 0.15) is 5.69 Å². The van der Waals surface area contributed by atoms with E-state index in [9.17, 15) is 0 Å². The maximum absolute atomic E-state index is 4.98. The Morgan fingerprint density at radius 2 is 2.10 bits per heavy atom. The minimum atomic E-state index is -0.472. The third-order valence-corrected chi connectivity index (χ3v) is 3.29. The summed E-state index contributed by atoms with van der Waals surface area (Å²) in [7, 11) is 9.75. The van der Waals surface area contributed by atoms with Crippen molar-refractivity contribution in [2.24, 2.45) is 5.10 Å². The fourth-order valence-corrected chi connectivity index (χ4v) is 1.63. The standard InChI is InChI=1S/C12H11N3S2.2ClH.Pt/c1-17-12(16)15-14-8-11-10-5-3-2-4-9(10)6-7-13-11;;;/h2-8H,1H3,(H,15,16);2*1H;/q;;;+2/p-2/b14-8+;;;. The average molecular weight is 527 g/mol. The van der Waals surface area contributed by atoms with E-state index in [0.29, 0.717) is 4.32 Å². The third-order valence-electron chi connectivity index (χ3n) is 2.23. The van der Waals surface area contributed by atoms with Crippen LogP contribution < -0.4 is 5.43 Å². The molecule has 1 aromatic carbocycles. The minimum absolute atomic E-state index is 0.472. The molecule has 0 atom stereocenters. The normalized spacial score (nSPS) is 10.3. The van der Waals surface area contributed by atoms with Gasteiger partial charge >= 0.3 is 35.3 Å². The number of aromatic nitrogens is 1. The first-order valence-corrected chi connectivity index (χ1v) is 12.5. The Hall–Kier alpha value is -0.192. The number of nitrogens with one attached hydrogen (secondary N) is 1. The molecule has 0 aliphatic rings. The van der Waals surface area contributed by atoms with E-state index < -0.39 is 16.5 Å². The summed E-state index contributed by atoms with van der Waals surface area (Å²) in [6.07, 6.45) is 5.36. The van der Waals surface area contributed by atoms with Crippen LogP contribution >= 0.6 is 42.8 Å². The van der Waals surface area contributed by atoms with Crippen molar-refractivity contribution in [1.29, 1.82) is 0 Å². The molecule has 0 aliphatic carbocycles. The summed E-state index contributed by atoms with van der Waals surface area (Å²) in [6, 6.07) is 10.0. The van der Waals surface area contributed by atoms with E-state index in [-0.39, 0.29) is 0 Å². The first-order chi connectivity index (χ1) is 9.72. The Kier molecular flexibility index (Phi) is 9.40. The fourth-order valence-electron chi connectivity index (χ4n) is 1.44. The molecule has 0 unspecified atom stereocenters. The second kappa shape index (κ2) is 10.5. The number of hydrogen-bond acceptors (Lipinski definition) is 4. The van der Waals surface area contributed by atoms with Crippen molar-refractivity contribution in [2.75, 3.05) is 6.26 Å². The molecule has 1 heterocycles. The van der Waals surface area contributed by atoms with Crippen LogP contribution in [0.4, 0.5) is 0 Å². The molecule has 0 amide bonds. The van der Waals surface area contributed by atoms with Gasteiger partial charge in [0.2, 0.25) is 0 Å². The fraction of sp³-hybridized carbons (Fsp3) is 0.0833. The molecule has 0 spiro atoms. The molecule has 0 saturated carbocycles. The van der Waals surface area contributed by atoms with Gasteiger partial charge in [-0.15, -0.1) is 0 Å². The van der Waals surface area contributed by atoms with E-state index in [1.807, 2.05) is 36.6 Å². The van der Waals surface area contributed by atoms with Crippen LogP contribution in [-0.2, 0) is 16.5 Å². The monoisotopic (exact) mass is 526 g/mol. The zero-order valence-electron chi connectivity index (χ0n) is 10.3. The maximum atomic E-state index is 4.98. The molecule has 2 rings (SSSR count). The third kappa shape index (κ3) is 6.06. The van der Waals surface area contributed by atoms with Crippen molar-refractivity contribution < 1.29 is 16.5 Å². The van der Waals surface area contributed by atoms with E-state index >= 15 is 0 Å². The molecule has 1 aromatic heterocycles. The van der Waals surface area contributed by atoms with Gasteiger partial charge in [0.25, 0.3) is 0 Å². The van der Waals surface area contributed by atoms with Crippen LogP contribution in [0.15, 0.2) is 41.6 Å². The molecule has 8 heteroatoms. The summed E-state index contributed by atoms with van der Waals surface area (Å²) in [4.78, 5) is 4.29. The number of thiocarbonyl (C=S) groups is 1. The van der Waals surface area contributed by atoms with Crippen molar-refractivity contribution in [3.63, 3.8) is 0 Å². The molecule has 0 fully saturated rings. The van der Waals surface area contributed by atoms with Crippen molar-refractivity contribution in [3.05, 3.63) is 42.2 Å². The zero-order chi connectivity index (χ0) is 14.8. The summed E-state index contributed by atoms with van der Waals surface area (Å²) in [5.74, 6) is 0. The second-order valence-electron chi connectivity index (χ2n) is 3.32. The molecule has 0 bridgehead atoms. The van der Waals surface area contributed by atoms with Gasteiger partial charge in [-0.3, -0.25) is 10.4 Å². The van der Waals surface area contributed by atoms with Crippen LogP contribution in [0.2, 0.25) is 0 Å². The van der Waals surface area contributed by atoms with Crippen LogP contribution in [0.25, 0.3) is 10.8 Å². The Bertz CT molecular complexity index is 590. The van der Waals surface area contributed by atoms with E-state index in [4.69, 9.17) is 31.1 Å². The summed E-state index contributed by atoms with van der Waals surface area (Å²) in [5.41, 5.74) is 3.60. The second-order valence-corrected chi connectivity index (χ2v) is 8.09. The molecule has 2 aromatic rings. The number of thioether (sulfide) groups is 1. The quantitative estimate of drug-likeness (QED) is 0.362. The Balaban J connectivity index is 0.000000612. The van der Waals surface area contributed by atoms with Gasteiger partial charge in [-0.1, -0.05) is 48.2 Å². The number of pyridine rings is 1. The summed E-state index contributed by atoms with van der Waals surface area (Å²) < 4.78 is 0.640. The number of fused-ring (bicyclic) bond motifs is 1. The van der Waals surface area contributed by atoms with Crippen molar-refractivity contribution in [3.8, 4) is 0 Å². The number of benzene rings is 1. The van der Waals surface area contributed by atoms with Crippen LogP contribution in [0.5, 0.6) is 0 Å². The van der Waals surface area contributed by atoms with E-state index in [1.165, 1.54) is 11.8 Å². The van der Waals surface area contributed by atoms with Gasteiger partial charge in [0.1, 0.15) is 0 Å².